The van der Waals surface area contributed by atoms with E-state index < -0.39 is 11.7 Å². The number of methoxy groups -OCH3 is 1. The summed E-state index contributed by atoms with van der Waals surface area (Å²) in [6, 6.07) is 3.67. The van der Waals surface area contributed by atoms with Crippen molar-refractivity contribution >= 4 is 22.6 Å². The number of halogens is 2. The molecular weight excluding hydrogens is 392 g/mol. The van der Waals surface area contributed by atoms with Gasteiger partial charge in [0, 0.05) is 55.8 Å². The molecule has 1 aliphatic rings. The molecule has 0 bridgehead atoms. The summed E-state index contributed by atoms with van der Waals surface area (Å²) in [6.45, 7) is 4.50. The number of rotatable bonds is 6. The second-order valence-corrected chi connectivity index (χ2v) is 7.84. The van der Waals surface area contributed by atoms with Crippen LogP contribution in [0.15, 0.2) is 24.5 Å². The van der Waals surface area contributed by atoms with Crippen LogP contribution in [0.25, 0.3) is 22.2 Å². The minimum absolute atomic E-state index is 0.240. The van der Waals surface area contributed by atoms with Gasteiger partial charge in [-0.15, -0.1) is 0 Å². The summed E-state index contributed by atoms with van der Waals surface area (Å²) in [5.41, 5.74) is 2.41. The summed E-state index contributed by atoms with van der Waals surface area (Å²) >= 11 is 0. The molecule has 1 N–H and O–H groups in total. The number of ether oxygens (including phenoxy) is 1. The average Bonchev–Trinajstić information content (AvgIpc) is 3.31. The molecule has 0 saturated heterocycles. The van der Waals surface area contributed by atoms with E-state index in [2.05, 4.69) is 24.8 Å². The molecule has 3 heterocycles. The molecule has 158 valence electrons. The molecular formula is C21H23F2N5O2. The van der Waals surface area contributed by atoms with Crippen molar-refractivity contribution in [1.82, 2.24) is 19.5 Å². The van der Waals surface area contributed by atoms with Gasteiger partial charge in [0.15, 0.2) is 5.82 Å². The fraction of sp³-hybridized carbons (Fsp3) is 0.429. The molecule has 1 amide bonds. The molecule has 0 aromatic carbocycles. The van der Waals surface area contributed by atoms with Crippen LogP contribution in [-0.4, -0.2) is 39.1 Å². The number of fused-ring (bicyclic) bond motifs is 1. The molecule has 0 spiro atoms. The Bertz CT molecular complexity index is 1120. The molecule has 3 aromatic rings. The van der Waals surface area contributed by atoms with Crippen molar-refractivity contribution in [1.29, 1.82) is 0 Å². The van der Waals surface area contributed by atoms with Gasteiger partial charge in [-0.3, -0.25) is 4.79 Å². The highest BCUT2D eigenvalue weighted by Crippen LogP contribution is 2.47. The van der Waals surface area contributed by atoms with Crippen molar-refractivity contribution in [2.75, 3.05) is 19.0 Å². The maximum Gasteiger partial charge on any atom is 0.303 e. The number of pyridine rings is 1. The second kappa shape index (κ2) is 7.39. The summed E-state index contributed by atoms with van der Waals surface area (Å²) in [4.78, 5) is 23.9. The molecule has 1 fully saturated rings. The summed E-state index contributed by atoms with van der Waals surface area (Å²) in [6.07, 6.45) is 4.57. The normalized spacial score (nSPS) is 18.6. The lowest BCUT2D eigenvalue weighted by atomic mass is 10.1. The predicted octanol–water partition coefficient (Wildman–Crippen LogP) is 4.08. The van der Waals surface area contributed by atoms with Crippen molar-refractivity contribution in [3.8, 4) is 11.3 Å². The van der Waals surface area contributed by atoms with Crippen molar-refractivity contribution in [2.24, 2.45) is 5.92 Å². The zero-order chi connectivity index (χ0) is 21.6. The van der Waals surface area contributed by atoms with Crippen LogP contribution in [-0.2, 0) is 15.5 Å². The van der Waals surface area contributed by atoms with E-state index in [9.17, 15) is 13.6 Å². The van der Waals surface area contributed by atoms with Crippen LogP contribution in [0.2, 0.25) is 0 Å². The largest absolute Gasteiger partial charge is 0.384 e. The number of aromatic nitrogens is 4. The van der Waals surface area contributed by atoms with Crippen LogP contribution in [0.4, 0.5) is 14.6 Å². The van der Waals surface area contributed by atoms with Crippen LogP contribution < -0.4 is 5.32 Å². The second-order valence-electron chi connectivity index (χ2n) is 7.84. The van der Waals surface area contributed by atoms with E-state index in [1.165, 1.54) is 6.92 Å². The Balaban J connectivity index is 1.88. The third-order valence-electron chi connectivity index (χ3n) is 5.17. The number of nitrogens with zero attached hydrogens (tertiary/aromatic N) is 4. The molecule has 30 heavy (non-hydrogen) atoms. The first-order chi connectivity index (χ1) is 14.2. The van der Waals surface area contributed by atoms with Gasteiger partial charge in [-0.1, -0.05) is 0 Å². The number of carbonyl (C=O) groups excluding carboxylic acids is 1. The number of anilines is 1. The molecule has 2 unspecified atom stereocenters. The number of carbonyl (C=O) groups is 1. The Morgan fingerprint density at radius 2 is 2.13 bits per heavy atom. The number of alkyl halides is 2. The molecule has 0 radical (unpaired) electrons. The SMILES string of the molecule is COCC1CC1n1cc(-c2cc(C)nc(C(C)(F)F)n2)c2cc(NC(C)=O)ncc21. The van der Waals surface area contributed by atoms with E-state index >= 15 is 0 Å². The Kier molecular flexibility index (Phi) is 5.01. The minimum Gasteiger partial charge on any atom is -0.384 e. The maximum absolute atomic E-state index is 13.9. The Morgan fingerprint density at radius 3 is 2.80 bits per heavy atom. The van der Waals surface area contributed by atoms with E-state index in [0.717, 1.165) is 24.2 Å². The van der Waals surface area contributed by atoms with Crippen LogP contribution in [0.3, 0.4) is 0 Å². The highest BCUT2D eigenvalue weighted by Gasteiger charge is 2.39. The highest BCUT2D eigenvalue weighted by atomic mass is 19.3. The van der Waals surface area contributed by atoms with E-state index in [0.29, 0.717) is 35.3 Å². The highest BCUT2D eigenvalue weighted by molar-refractivity contribution is 5.98. The molecule has 0 aliphatic heterocycles. The quantitative estimate of drug-likeness (QED) is 0.656. The van der Waals surface area contributed by atoms with E-state index in [1.807, 2.05) is 6.20 Å². The standard InChI is InChI=1S/C21H23F2N5O2/c1-11-5-16(27-20(25-11)21(3,22)23)15-9-28(17-6-13(17)10-30-4)18-8-24-19(7-14(15)18)26-12(2)29/h5,7-9,13,17H,6,10H2,1-4H3,(H,24,26,29). The van der Waals surface area contributed by atoms with Gasteiger partial charge >= 0.3 is 5.92 Å². The summed E-state index contributed by atoms with van der Waals surface area (Å²) in [5, 5.41) is 3.45. The van der Waals surface area contributed by atoms with Gasteiger partial charge in [-0.2, -0.15) is 8.78 Å². The van der Waals surface area contributed by atoms with Crippen molar-refractivity contribution in [2.45, 2.75) is 39.2 Å². The number of nitrogens with one attached hydrogen (secondary N) is 1. The maximum atomic E-state index is 13.9. The van der Waals surface area contributed by atoms with Gasteiger partial charge in [0.25, 0.3) is 0 Å². The number of aryl methyl sites for hydroxylation is 1. The molecule has 1 aliphatic carbocycles. The van der Waals surface area contributed by atoms with E-state index in [1.54, 1.807) is 32.4 Å². The fourth-order valence-electron chi connectivity index (χ4n) is 3.74. The van der Waals surface area contributed by atoms with Gasteiger partial charge in [0.2, 0.25) is 5.91 Å². The zero-order valence-electron chi connectivity index (χ0n) is 17.2. The van der Waals surface area contributed by atoms with Gasteiger partial charge in [-0.05, 0) is 25.5 Å². The molecule has 7 nitrogen and oxygen atoms in total. The number of hydrogen-bond donors (Lipinski definition) is 1. The number of hydrogen-bond acceptors (Lipinski definition) is 5. The van der Waals surface area contributed by atoms with E-state index in [4.69, 9.17) is 4.74 Å². The Hall–Kier alpha value is -2.94. The van der Waals surface area contributed by atoms with E-state index in [-0.39, 0.29) is 11.9 Å². The molecule has 2 atom stereocenters. The lowest BCUT2D eigenvalue weighted by molar-refractivity contribution is -0.114. The Labute approximate surface area is 172 Å². The van der Waals surface area contributed by atoms with Gasteiger partial charge in [0.1, 0.15) is 5.82 Å². The first-order valence-electron chi connectivity index (χ1n) is 9.69. The molecule has 1 saturated carbocycles. The smallest absolute Gasteiger partial charge is 0.303 e. The van der Waals surface area contributed by atoms with Gasteiger partial charge < -0.3 is 14.6 Å². The topological polar surface area (TPSA) is 81.9 Å². The van der Waals surface area contributed by atoms with Gasteiger partial charge in [-0.25, -0.2) is 15.0 Å². The van der Waals surface area contributed by atoms with Crippen LogP contribution >= 0.6 is 0 Å². The lowest BCUT2D eigenvalue weighted by Gasteiger charge is -2.11. The Morgan fingerprint density at radius 1 is 1.37 bits per heavy atom. The van der Waals surface area contributed by atoms with Crippen molar-refractivity contribution in [3.63, 3.8) is 0 Å². The summed E-state index contributed by atoms with van der Waals surface area (Å²) < 4.78 is 35.2. The van der Waals surface area contributed by atoms with Crippen molar-refractivity contribution in [3.05, 3.63) is 36.0 Å². The fourth-order valence-corrected chi connectivity index (χ4v) is 3.74. The minimum atomic E-state index is -3.15. The van der Waals surface area contributed by atoms with Crippen LogP contribution in [0.1, 0.15) is 37.8 Å². The molecule has 3 aromatic heterocycles. The van der Waals surface area contributed by atoms with Gasteiger partial charge in [0.05, 0.1) is 24.0 Å². The lowest BCUT2D eigenvalue weighted by Crippen LogP contribution is -2.13. The first-order valence-corrected chi connectivity index (χ1v) is 9.69. The van der Waals surface area contributed by atoms with Crippen LogP contribution in [0.5, 0.6) is 0 Å². The summed E-state index contributed by atoms with van der Waals surface area (Å²) in [7, 11) is 1.67. The molecule has 4 rings (SSSR count). The van der Waals surface area contributed by atoms with Crippen LogP contribution in [0, 0.1) is 12.8 Å². The number of amides is 1. The van der Waals surface area contributed by atoms with Crippen molar-refractivity contribution < 1.29 is 18.3 Å². The third kappa shape index (κ3) is 3.89. The molecule has 9 heteroatoms. The summed E-state index contributed by atoms with van der Waals surface area (Å²) in [5.74, 6) is -3.13. The third-order valence-corrected chi connectivity index (χ3v) is 5.17. The predicted molar refractivity (Wildman–Crippen MR) is 108 cm³/mol. The first kappa shape index (κ1) is 20.3. The average molecular weight is 415 g/mol. The zero-order valence-corrected chi connectivity index (χ0v) is 17.2. The monoisotopic (exact) mass is 415 g/mol.